The second-order valence-electron chi connectivity index (χ2n) is 5.02. The van der Waals surface area contributed by atoms with Crippen molar-refractivity contribution in [3.05, 3.63) is 35.9 Å². The van der Waals surface area contributed by atoms with Crippen molar-refractivity contribution in [2.24, 2.45) is 4.99 Å². The number of carbonyl (C=O) groups is 1. The molecule has 1 amide bonds. The lowest BCUT2D eigenvalue weighted by atomic mass is 10.1. The molecule has 0 atom stereocenters. The molecule has 1 aromatic carbocycles. The summed E-state index contributed by atoms with van der Waals surface area (Å²) in [4.78, 5) is 15.9. The molecular formula is C17H28N4O. The van der Waals surface area contributed by atoms with Crippen LogP contribution >= 0.6 is 0 Å². The monoisotopic (exact) mass is 304 g/mol. The van der Waals surface area contributed by atoms with Crippen molar-refractivity contribution in [1.29, 1.82) is 0 Å². The molecule has 1 aromatic rings. The first kappa shape index (κ1) is 18.0. The van der Waals surface area contributed by atoms with Crippen LogP contribution in [0.1, 0.15) is 32.3 Å². The zero-order valence-corrected chi connectivity index (χ0v) is 13.7. The Morgan fingerprint density at radius 3 is 2.50 bits per heavy atom. The molecule has 0 saturated carbocycles. The number of nitrogens with zero attached hydrogens (tertiary/aromatic N) is 1. The lowest BCUT2D eigenvalue weighted by molar-refractivity contribution is -0.120. The molecule has 0 radical (unpaired) electrons. The van der Waals surface area contributed by atoms with E-state index in [2.05, 4.69) is 33.1 Å². The average molecular weight is 304 g/mol. The molecule has 0 aliphatic heterocycles. The van der Waals surface area contributed by atoms with Crippen LogP contribution in [0, 0.1) is 0 Å². The number of guanidine groups is 1. The maximum Gasteiger partial charge on any atom is 0.221 e. The highest BCUT2D eigenvalue weighted by Gasteiger charge is 2.01. The molecule has 0 saturated heterocycles. The quantitative estimate of drug-likeness (QED) is 0.480. The Labute approximate surface area is 133 Å². The zero-order chi connectivity index (χ0) is 16.0. The number of aliphatic imine (C=N–C) groups is 1. The number of nitrogens with one attached hydrogen (secondary N) is 3. The van der Waals surface area contributed by atoms with Gasteiger partial charge in [-0.15, -0.1) is 0 Å². The molecule has 5 nitrogen and oxygen atoms in total. The minimum Gasteiger partial charge on any atom is -0.357 e. The van der Waals surface area contributed by atoms with E-state index in [4.69, 9.17) is 0 Å². The minimum atomic E-state index is 0.0609. The first-order chi connectivity index (χ1) is 10.8. The second-order valence-corrected chi connectivity index (χ2v) is 5.02. The highest BCUT2D eigenvalue weighted by Crippen LogP contribution is 1.98. The Morgan fingerprint density at radius 1 is 1.05 bits per heavy atom. The molecule has 5 heteroatoms. The summed E-state index contributed by atoms with van der Waals surface area (Å²) in [6, 6.07) is 10.3. The average Bonchev–Trinajstić information content (AvgIpc) is 2.54. The minimum absolute atomic E-state index is 0.0609. The van der Waals surface area contributed by atoms with Gasteiger partial charge in [0, 0.05) is 26.1 Å². The van der Waals surface area contributed by atoms with Crippen LogP contribution in [0.3, 0.4) is 0 Å². The molecule has 0 heterocycles. The molecule has 22 heavy (non-hydrogen) atoms. The summed E-state index contributed by atoms with van der Waals surface area (Å²) in [5, 5.41) is 9.34. The van der Waals surface area contributed by atoms with Crippen LogP contribution in [0.2, 0.25) is 0 Å². The maximum atomic E-state index is 11.5. The van der Waals surface area contributed by atoms with Gasteiger partial charge in [-0.05, 0) is 25.3 Å². The maximum absolute atomic E-state index is 11.5. The van der Waals surface area contributed by atoms with Gasteiger partial charge in [-0.3, -0.25) is 9.79 Å². The molecule has 0 aromatic heterocycles. The molecular weight excluding hydrogens is 276 g/mol. The van der Waals surface area contributed by atoms with Gasteiger partial charge in [0.25, 0.3) is 0 Å². The third-order valence-electron chi connectivity index (χ3n) is 3.07. The molecule has 0 spiro atoms. The molecule has 0 unspecified atom stereocenters. The fourth-order valence-corrected chi connectivity index (χ4v) is 1.93. The van der Waals surface area contributed by atoms with E-state index in [1.807, 2.05) is 32.0 Å². The van der Waals surface area contributed by atoms with Crippen molar-refractivity contribution < 1.29 is 4.79 Å². The molecule has 0 aliphatic carbocycles. The van der Waals surface area contributed by atoms with E-state index in [1.165, 1.54) is 5.56 Å². The van der Waals surface area contributed by atoms with Crippen LogP contribution in [0.5, 0.6) is 0 Å². The van der Waals surface area contributed by atoms with Crippen LogP contribution in [-0.2, 0) is 11.2 Å². The zero-order valence-electron chi connectivity index (χ0n) is 13.7. The Hall–Kier alpha value is -2.04. The van der Waals surface area contributed by atoms with Gasteiger partial charge in [0.1, 0.15) is 0 Å². The largest absolute Gasteiger partial charge is 0.357 e. The van der Waals surface area contributed by atoms with Gasteiger partial charge in [0.2, 0.25) is 5.91 Å². The Balaban J connectivity index is 2.30. The van der Waals surface area contributed by atoms with Crippen molar-refractivity contribution in [1.82, 2.24) is 16.0 Å². The number of amides is 1. The van der Waals surface area contributed by atoms with Gasteiger partial charge < -0.3 is 16.0 Å². The van der Waals surface area contributed by atoms with E-state index in [9.17, 15) is 4.79 Å². The molecule has 1 rings (SSSR count). The van der Waals surface area contributed by atoms with Gasteiger partial charge in [-0.25, -0.2) is 0 Å². The predicted molar refractivity (Wildman–Crippen MR) is 92.0 cm³/mol. The van der Waals surface area contributed by atoms with E-state index < -0.39 is 0 Å². The summed E-state index contributed by atoms with van der Waals surface area (Å²) in [6.45, 7) is 6.92. The number of hydrogen-bond donors (Lipinski definition) is 3. The van der Waals surface area contributed by atoms with E-state index in [0.29, 0.717) is 13.0 Å². The first-order valence-electron chi connectivity index (χ1n) is 8.09. The molecule has 0 aliphatic rings. The van der Waals surface area contributed by atoms with Gasteiger partial charge in [0.05, 0.1) is 6.54 Å². The van der Waals surface area contributed by atoms with Gasteiger partial charge in [-0.2, -0.15) is 0 Å². The molecule has 3 N–H and O–H groups in total. The lowest BCUT2D eigenvalue weighted by Gasteiger charge is -2.11. The van der Waals surface area contributed by atoms with Crippen molar-refractivity contribution in [3.63, 3.8) is 0 Å². The Bertz CT molecular complexity index is 445. The van der Waals surface area contributed by atoms with Crippen LogP contribution < -0.4 is 16.0 Å². The Kier molecular flexibility index (Phi) is 9.50. The summed E-state index contributed by atoms with van der Waals surface area (Å²) in [7, 11) is 0. The van der Waals surface area contributed by atoms with Crippen LogP contribution in [0.15, 0.2) is 35.3 Å². The number of rotatable bonds is 9. The van der Waals surface area contributed by atoms with Crippen molar-refractivity contribution in [3.8, 4) is 0 Å². The van der Waals surface area contributed by atoms with Crippen molar-refractivity contribution in [2.45, 2.75) is 33.1 Å². The third-order valence-corrected chi connectivity index (χ3v) is 3.07. The summed E-state index contributed by atoms with van der Waals surface area (Å²) in [5.74, 6) is 0.826. The number of benzene rings is 1. The SMILES string of the molecule is CCCNC(=O)CCN=C(NCC)NCCc1ccccc1. The van der Waals surface area contributed by atoms with Crippen molar-refractivity contribution in [2.75, 3.05) is 26.2 Å². The lowest BCUT2D eigenvalue weighted by Crippen LogP contribution is -2.38. The normalized spacial score (nSPS) is 11.1. The van der Waals surface area contributed by atoms with Crippen LogP contribution in [-0.4, -0.2) is 38.0 Å². The predicted octanol–water partition coefficient (Wildman–Crippen LogP) is 1.70. The van der Waals surface area contributed by atoms with Crippen LogP contribution in [0.4, 0.5) is 0 Å². The molecule has 0 bridgehead atoms. The highest BCUT2D eigenvalue weighted by atomic mass is 16.1. The number of hydrogen-bond acceptors (Lipinski definition) is 2. The summed E-state index contributed by atoms with van der Waals surface area (Å²) < 4.78 is 0. The third kappa shape index (κ3) is 8.29. The topological polar surface area (TPSA) is 65.5 Å². The number of carbonyl (C=O) groups excluding carboxylic acids is 1. The summed E-state index contributed by atoms with van der Waals surface area (Å²) in [6.07, 6.45) is 2.33. The van der Waals surface area contributed by atoms with Gasteiger partial charge in [-0.1, -0.05) is 37.3 Å². The molecule has 122 valence electrons. The summed E-state index contributed by atoms with van der Waals surface area (Å²) in [5.41, 5.74) is 1.30. The van der Waals surface area contributed by atoms with E-state index in [-0.39, 0.29) is 5.91 Å². The fraction of sp³-hybridized carbons (Fsp3) is 0.529. The van der Waals surface area contributed by atoms with E-state index in [0.717, 1.165) is 38.4 Å². The van der Waals surface area contributed by atoms with E-state index in [1.54, 1.807) is 0 Å². The van der Waals surface area contributed by atoms with Crippen molar-refractivity contribution >= 4 is 11.9 Å². The first-order valence-corrected chi connectivity index (χ1v) is 8.09. The van der Waals surface area contributed by atoms with Gasteiger partial charge >= 0.3 is 0 Å². The van der Waals surface area contributed by atoms with Gasteiger partial charge in [0.15, 0.2) is 5.96 Å². The smallest absolute Gasteiger partial charge is 0.221 e. The molecule has 0 fully saturated rings. The van der Waals surface area contributed by atoms with Crippen LogP contribution in [0.25, 0.3) is 0 Å². The van der Waals surface area contributed by atoms with E-state index >= 15 is 0 Å². The highest BCUT2D eigenvalue weighted by molar-refractivity contribution is 5.80. The summed E-state index contributed by atoms with van der Waals surface area (Å²) >= 11 is 0. The standard InChI is InChI=1S/C17H28N4O/c1-3-12-19-16(22)11-14-21-17(18-4-2)20-13-10-15-8-6-5-7-9-15/h5-9H,3-4,10-14H2,1-2H3,(H,19,22)(H2,18,20,21). The Morgan fingerprint density at radius 2 is 1.82 bits per heavy atom. The fourth-order valence-electron chi connectivity index (χ4n) is 1.93. The second kappa shape index (κ2) is 11.6.